The number of piperidine rings is 1. The van der Waals surface area contributed by atoms with Crippen molar-refractivity contribution in [2.24, 2.45) is 10.9 Å². The Bertz CT molecular complexity index is 434. The van der Waals surface area contributed by atoms with Gasteiger partial charge in [-0.2, -0.15) is 0 Å². The Morgan fingerprint density at radius 3 is 2.77 bits per heavy atom. The van der Waals surface area contributed by atoms with Gasteiger partial charge in [0, 0.05) is 32.7 Å². The Morgan fingerprint density at radius 1 is 1.41 bits per heavy atom. The lowest BCUT2D eigenvalue weighted by molar-refractivity contribution is 0.461. The molecule has 1 saturated heterocycles. The van der Waals surface area contributed by atoms with E-state index in [-0.39, 0.29) is 0 Å². The molecule has 4 nitrogen and oxygen atoms in total. The first-order valence-electron chi connectivity index (χ1n) is 8.44. The number of anilines is 1. The molecular weight excluding hydrogens is 292 g/mol. The first-order chi connectivity index (χ1) is 10.7. The molecule has 1 aliphatic rings. The maximum absolute atomic E-state index is 4.35. The average Bonchev–Trinajstić information content (AvgIpc) is 3.05. The second-order valence-corrected chi connectivity index (χ2v) is 7.32. The molecule has 1 fully saturated rings. The molecule has 0 atom stereocenters. The maximum atomic E-state index is 4.35. The standard InChI is InChI=1S/C17H30N4S/c1-14(2)6-4-10-19-17(18-3)20-15-8-11-21(12-9-15)16-7-5-13-22-16/h5,7,13-15H,4,6,8-12H2,1-3H3,(H2,18,19,20). The van der Waals surface area contributed by atoms with Crippen molar-refractivity contribution in [2.75, 3.05) is 31.6 Å². The van der Waals surface area contributed by atoms with E-state index in [0.717, 1.165) is 31.5 Å². The van der Waals surface area contributed by atoms with Crippen LogP contribution in [0.3, 0.4) is 0 Å². The molecule has 0 saturated carbocycles. The lowest BCUT2D eigenvalue weighted by atomic mass is 10.1. The van der Waals surface area contributed by atoms with Gasteiger partial charge in [0.05, 0.1) is 5.00 Å². The van der Waals surface area contributed by atoms with Gasteiger partial charge in [-0.15, -0.1) is 11.3 Å². The molecule has 22 heavy (non-hydrogen) atoms. The molecular formula is C17H30N4S. The third-order valence-corrected chi connectivity index (χ3v) is 5.06. The molecule has 0 bridgehead atoms. The number of rotatable bonds is 6. The van der Waals surface area contributed by atoms with Crippen LogP contribution in [-0.2, 0) is 0 Å². The fraction of sp³-hybridized carbons (Fsp3) is 0.706. The number of thiophene rings is 1. The van der Waals surface area contributed by atoms with Crippen LogP contribution >= 0.6 is 11.3 Å². The van der Waals surface area contributed by atoms with E-state index >= 15 is 0 Å². The van der Waals surface area contributed by atoms with Crippen molar-refractivity contribution >= 4 is 22.3 Å². The Balaban J connectivity index is 1.67. The van der Waals surface area contributed by atoms with Crippen LogP contribution in [0.4, 0.5) is 5.00 Å². The highest BCUT2D eigenvalue weighted by Crippen LogP contribution is 2.24. The zero-order chi connectivity index (χ0) is 15.8. The first kappa shape index (κ1) is 17.1. The van der Waals surface area contributed by atoms with Crippen LogP contribution in [0.5, 0.6) is 0 Å². The monoisotopic (exact) mass is 322 g/mol. The van der Waals surface area contributed by atoms with Crippen LogP contribution in [0, 0.1) is 5.92 Å². The number of guanidine groups is 1. The summed E-state index contributed by atoms with van der Waals surface area (Å²) in [6.07, 6.45) is 4.81. The summed E-state index contributed by atoms with van der Waals surface area (Å²) in [4.78, 5) is 6.84. The van der Waals surface area contributed by atoms with Gasteiger partial charge < -0.3 is 15.5 Å². The number of aliphatic imine (C=N–C) groups is 1. The summed E-state index contributed by atoms with van der Waals surface area (Å²) in [7, 11) is 1.86. The van der Waals surface area contributed by atoms with Gasteiger partial charge in [-0.25, -0.2) is 0 Å². The molecule has 1 aromatic rings. The Morgan fingerprint density at radius 2 is 2.18 bits per heavy atom. The van der Waals surface area contributed by atoms with Crippen molar-refractivity contribution in [3.8, 4) is 0 Å². The van der Waals surface area contributed by atoms with E-state index in [1.807, 2.05) is 18.4 Å². The summed E-state index contributed by atoms with van der Waals surface area (Å²) in [6, 6.07) is 4.88. The lowest BCUT2D eigenvalue weighted by Crippen LogP contribution is -2.48. The molecule has 0 unspecified atom stereocenters. The summed E-state index contributed by atoms with van der Waals surface area (Å²) >= 11 is 1.83. The van der Waals surface area contributed by atoms with Gasteiger partial charge >= 0.3 is 0 Å². The van der Waals surface area contributed by atoms with Gasteiger partial charge in [0.2, 0.25) is 0 Å². The van der Waals surface area contributed by atoms with Gasteiger partial charge in [0.15, 0.2) is 5.96 Å². The number of hydrogen-bond acceptors (Lipinski definition) is 3. The van der Waals surface area contributed by atoms with Crippen LogP contribution in [0.1, 0.15) is 39.5 Å². The number of hydrogen-bond donors (Lipinski definition) is 2. The van der Waals surface area contributed by atoms with E-state index in [2.05, 4.69) is 51.9 Å². The van der Waals surface area contributed by atoms with E-state index in [0.29, 0.717) is 6.04 Å². The summed E-state index contributed by atoms with van der Waals surface area (Å²) in [6.45, 7) is 7.81. The van der Waals surface area contributed by atoms with Crippen LogP contribution in [0.2, 0.25) is 0 Å². The van der Waals surface area contributed by atoms with E-state index in [1.54, 1.807) is 0 Å². The topological polar surface area (TPSA) is 39.7 Å². The van der Waals surface area contributed by atoms with Crippen molar-refractivity contribution in [3.05, 3.63) is 17.5 Å². The molecule has 0 aromatic carbocycles. The largest absolute Gasteiger partial charge is 0.363 e. The second-order valence-electron chi connectivity index (χ2n) is 6.39. The Hall–Kier alpha value is -1.23. The SMILES string of the molecule is CN=C(NCCCC(C)C)NC1CCN(c2cccs2)CC1. The second kappa shape index (κ2) is 9.03. The van der Waals surface area contributed by atoms with Crippen LogP contribution in [0.15, 0.2) is 22.5 Å². The molecule has 1 aliphatic heterocycles. The van der Waals surface area contributed by atoms with Crippen molar-refractivity contribution in [1.29, 1.82) is 0 Å². The van der Waals surface area contributed by atoms with Crippen molar-refractivity contribution in [3.63, 3.8) is 0 Å². The molecule has 0 aliphatic carbocycles. The van der Waals surface area contributed by atoms with Gasteiger partial charge in [0.1, 0.15) is 0 Å². The third-order valence-electron chi connectivity index (χ3n) is 4.13. The zero-order valence-electron chi connectivity index (χ0n) is 14.1. The molecule has 0 amide bonds. The summed E-state index contributed by atoms with van der Waals surface area (Å²) in [5.74, 6) is 1.73. The van der Waals surface area contributed by atoms with Crippen LogP contribution in [-0.4, -0.2) is 38.7 Å². The van der Waals surface area contributed by atoms with Crippen LogP contribution in [0.25, 0.3) is 0 Å². The molecule has 5 heteroatoms. The van der Waals surface area contributed by atoms with Crippen molar-refractivity contribution in [2.45, 2.75) is 45.6 Å². The van der Waals surface area contributed by atoms with Gasteiger partial charge in [0.25, 0.3) is 0 Å². The smallest absolute Gasteiger partial charge is 0.191 e. The number of nitrogens with one attached hydrogen (secondary N) is 2. The predicted octanol–water partition coefficient (Wildman–Crippen LogP) is 3.32. The minimum absolute atomic E-state index is 0.535. The Kier molecular flexibility index (Phi) is 7.03. The molecule has 1 aromatic heterocycles. The number of nitrogens with zero attached hydrogens (tertiary/aromatic N) is 2. The van der Waals surface area contributed by atoms with E-state index in [9.17, 15) is 0 Å². The quantitative estimate of drug-likeness (QED) is 0.479. The Labute approximate surface area is 139 Å². The molecule has 2 rings (SSSR count). The summed E-state index contributed by atoms with van der Waals surface area (Å²) in [5.41, 5.74) is 0. The highest BCUT2D eigenvalue weighted by atomic mass is 32.1. The fourth-order valence-corrected chi connectivity index (χ4v) is 3.58. The molecule has 0 spiro atoms. The van der Waals surface area contributed by atoms with Gasteiger partial charge in [-0.05, 0) is 49.1 Å². The molecule has 0 radical (unpaired) electrons. The summed E-state index contributed by atoms with van der Waals surface area (Å²) < 4.78 is 0. The first-order valence-corrected chi connectivity index (χ1v) is 9.32. The minimum atomic E-state index is 0.535. The average molecular weight is 323 g/mol. The van der Waals surface area contributed by atoms with Crippen LogP contribution < -0.4 is 15.5 Å². The highest BCUT2D eigenvalue weighted by molar-refractivity contribution is 7.14. The maximum Gasteiger partial charge on any atom is 0.191 e. The molecule has 2 heterocycles. The predicted molar refractivity (Wildman–Crippen MR) is 98.1 cm³/mol. The van der Waals surface area contributed by atoms with E-state index < -0.39 is 0 Å². The normalized spacial score (nSPS) is 17.1. The van der Waals surface area contributed by atoms with Crippen molar-refractivity contribution in [1.82, 2.24) is 10.6 Å². The summed E-state index contributed by atoms with van der Waals surface area (Å²) in [5, 5.41) is 10.6. The third kappa shape index (κ3) is 5.52. The highest BCUT2D eigenvalue weighted by Gasteiger charge is 2.20. The van der Waals surface area contributed by atoms with E-state index in [4.69, 9.17) is 0 Å². The van der Waals surface area contributed by atoms with Gasteiger partial charge in [-0.3, -0.25) is 4.99 Å². The molecule has 124 valence electrons. The lowest BCUT2D eigenvalue weighted by Gasteiger charge is -2.33. The van der Waals surface area contributed by atoms with E-state index in [1.165, 1.54) is 30.7 Å². The fourth-order valence-electron chi connectivity index (χ4n) is 2.80. The minimum Gasteiger partial charge on any atom is -0.363 e. The van der Waals surface area contributed by atoms with Crippen molar-refractivity contribution < 1.29 is 0 Å². The van der Waals surface area contributed by atoms with Gasteiger partial charge in [-0.1, -0.05) is 13.8 Å². The zero-order valence-corrected chi connectivity index (χ0v) is 15.0. The molecule has 2 N–H and O–H groups in total.